The molecule has 20 heavy (non-hydrogen) atoms. The van der Waals surface area contributed by atoms with Gasteiger partial charge in [0.2, 0.25) is 0 Å². The average Bonchev–Trinajstić information content (AvgIpc) is 2.70. The lowest BCUT2D eigenvalue weighted by molar-refractivity contribution is 0.0665. The molecule has 2 amide bonds. The quantitative estimate of drug-likeness (QED) is 0.853. The van der Waals surface area contributed by atoms with Crippen LogP contribution in [0.5, 0.6) is 0 Å². The fourth-order valence-corrected chi connectivity index (χ4v) is 2.07. The Morgan fingerprint density at radius 2 is 1.95 bits per heavy atom. The van der Waals surface area contributed by atoms with E-state index >= 15 is 0 Å². The zero-order valence-electron chi connectivity index (χ0n) is 10.8. The van der Waals surface area contributed by atoms with Gasteiger partial charge in [0.1, 0.15) is 5.82 Å². The smallest absolute Gasteiger partial charge is 0.264 e. The summed E-state index contributed by atoms with van der Waals surface area (Å²) < 4.78 is 0. The molecule has 0 bridgehead atoms. The van der Waals surface area contributed by atoms with Gasteiger partial charge in [0.25, 0.3) is 11.8 Å². The zero-order chi connectivity index (χ0) is 14.1. The third-order valence-corrected chi connectivity index (χ3v) is 3.11. The van der Waals surface area contributed by atoms with Crippen LogP contribution in [0.15, 0.2) is 36.8 Å². The molecule has 0 aromatic carbocycles. The first kappa shape index (κ1) is 12.3. The van der Waals surface area contributed by atoms with E-state index in [1.807, 2.05) is 19.1 Å². The number of pyridine rings is 2. The van der Waals surface area contributed by atoms with Gasteiger partial charge in [-0.3, -0.25) is 19.5 Å². The molecule has 0 atom stereocenters. The number of carbonyl (C=O) groups is 2. The lowest BCUT2D eigenvalue weighted by atomic mass is 10.2. The van der Waals surface area contributed by atoms with Crippen LogP contribution < -0.4 is 5.32 Å². The number of nitrogens with one attached hydrogen (secondary N) is 1. The molecule has 1 N–H and O–H groups in total. The minimum absolute atomic E-state index is 0.0861. The van der Waals surface area contributed by atoms with Crippen LogP contribution in [0, 0.1) is 6.92 Å². The van der Waals surface area contributed by atoms with E-state index in [0.29, 0.717) is 16.9 Å². The zero-order valence-corrected chi connectivity index (χ0v) is 10.8. The predicted molar refractivity (Wildman–Crippen MR) is 72.2 cm³/mol. The first-order chi connectivity index (χ1) is 9.66. The number of hydrogen-bond acceptors (Lipinski definition) is 5. The second kappa shape index (κ2) is 4.73. The molecule has 0 aliphatic carbocycles. The van der Waals surface area contributed by atoms with Crippen molar-refractivity contribution >= 4 is 17.6 Å². The summed E-state index contributed by atoms with van der Waals surface area (Å²) in [5.41, 5.74) is 1.79. The van der Waals surface area contributed by atoms with Crippen LogP contribution in [0.3, 0.4) is 0 Å². The summed E-state index contributed by atoms with van der Waals surface area (Å²) in [6.45, 7) is 2.03. The SMILES string of the molecule is Cc1ccnc(NCN2C(=O)c3ccncc3C2=O)c1. The minimum Gasteiger partial charge on any atom is -0.352 e. The molecule has 3 heterocycles. The molecule has 1 aliphatic heterocycles. The standard InChI is InChI=1S/C14H12N4O2/c1-9-2-5-16-12(6-9)17-8-18-13(19)10-3-4-15-7-11(10)14(18)20/h2-7H,8H2,1H3,(H,16,17). The Morgan fingerprint density at radius 3 is 2.70 bits per heavy atom. The van der Waals surface area contributed by atoms with E-state index in [2.05, 4.69) is 15.3 Å². The molecule has 2 aromatic heterocycles. The number of hydrogen-bond donors (Lipinski definition) is 1. The molecule has 100 valence electrons. The summed E-state index contributed by atoms with van der Waals surface area (Å²) >= 11 is 0. The highest BCUT2D eigenvalue weighted by Gasteiger charge is 2.35. The van der Waals surface area contributed by atoms with E-state index < -0.39 is 0 Å². The molecule has 0 saturated carbocycles. The summed E-state index contributed by atoms with van der Waals surface area (Å²) in [7, 11) is 0. The van der Waals surface area contributed by atoms with Gasteiger partial charge < -0.3 is 5.32 Å². The van der Waals surface area contributed by atoms with Crippen LogP contribution in [0.2, 0.25) is 0 Å². The number of amides is 2. The summed E-state index contributed by atoms with van der Waals surface area (Å²) in [6.07, 6.45) is 4.59. The van der Waals surface area contributed by atoms with Gasteiger partial charge in [-0.15, -0.1) is 0 Å². The average molecular weight is 268 g/mol. The van der Waals surface area contributed by atoms with E-state index in [0.717, 1.165) is 10.5 Å². The maximum atomic E-state index is 12.1. The Bertz CT molecular complexity index is 664. The van der Waals surface area contributed by atoms with Crippen LogP contribution in [-0.4, -0.2) is 33.4 Å². The van der Waals surface area contributed by atoms with E-state index in [4.69, 9.17) is 0 Å². The largest absolute Gasteiger partial charge is 0.352 e. The van der Waals surface area contributed by atoms with Crippen molar-refractivity contribution in [2.24, 2.45) is 0 Å². The molecule has 0 radical (unpaired) electrons. The monoisotopic (exact) mass is 268 g/mol. The Morgan fingerprint density at radius 1 is 1.15 bits per heavy atom. The van der Waals surface area contributed by atoms with Gasteiger partial charge >= 0.3 is 0 Å². The van der Waals surface area contributed by atoms with E-state index in [9.17, 15) is 9.59 Å². The second-order valence-corrected chi connectivity index (χ2v) is 4.51. The van der Waals surface area contributed by atoms with Crippen molar-refractivity contribution in [3.8, 4) is 0 Å². The minimum atomic E-state index is -0.335. The molecule has 0 spiro atoms. The second-order valence-electron chi connectivity index (χ2n) is 4.51. The van der Waals surface area contributed by atoms with Gasteiger partial charge in [0.15, 0.2) is 0 Å². The molecule has 2 aromatic rings. The van der Waals surface area contributed by atoms with E-state index in [1.54, 1.807) is 12.3 Å². The van der Waals surface area contributed by atoms with Gasteiger partial charge in [0, 0.05) is 18.6 Å². The summed E-state index contributed by atoms with van der Waals surface area (Å²) in [4.78, 5) is 33.4. The van der Waals surface area contributed by atoms with Gasteiger partial charge in [-0.05, 0) is 30.7 Å². The maximum absolute atomic E-state index is 12.1. The predicted octanol–water partition coefficient (Wildman–Crippen LogP) is 1.45. The number of anilines is 1. The van der Waals surface area contributed by atoms with Crippen LogP contribution in [0.1, 0.15) is 26.3 Å². The first-order valence-corrected chi connectivity index (χ1v) is 6.13. The van der Waals surface area contributed by atoms with Gasteiger partial charge in [-0.25, -0.2) is 4.98 Å². The number of nitrogens with zero attached hydrogens (tertiary/aromatic N) is 3. The molecule has 0 fully saturated rings. The van der Waals surface area contributed by atoms with E-state index in [1.165, 1.54) is 12.4 Å². The highest BCUT2D eigenvalue weighted by Crippen LogP contribution is 2.21. The lowest BCUT2D eigenvalue weighted by Crippen LogP contribution is -2.34. The topological polar surface area (TPSA) is 75.2 Å². The number of aryl methyl sites for hydroxylation is 1. The molecule has 3 rings (SSSR count). The van der Waals surface area contributed by atoms with Crippen molar-refractivity contribution in [2.45, 2.75) is 6.92 Å². The Labute approximate surface area is 115 Å². The molecule has 6 heteroatoms. The number of fused-ring (bicyclic) bond motifs is 1. The van der Waals surface area contributed by atoms with Crippen molar-refractivity contribution in [1.29, 1.82) is 0 Å². The summed E-state index contributed by atoms with van der Waals surface area (Å²) in [6, 6.07) is 5.28. The molecule has 1 aliphatic rings. The Balaban J connectivity index is 1.77. The van der Waals surface area contributed by atoms with Crippen molar-refractivity contribution in [3.63, 3.8) is 0 Å². The highest BCUT2D eigenvalue weighted by atomic mass is 16.2. The van der Waals surface area contributed by atoms with E-state index in [-0.39, 0.29) is 18.5 Å². The molecular weight excluding hydrogens is 256 g/mol. The lowest BCUT2D eigenvalue weighted by Gasteiger charge is -2.15. The third-order valence-electron chi connectivity index (χ3n) is 3.11. The molecular formula is C14H12N4O2. The van der Waals surface area contributed by atoms with Crippen molar-refractivity contribution in [2.75, 3.05) is 12.0 Å². The molecule has 0 unspecified atom stereocenters. The van der Waals surface area contributed by atoms with Gasteiger partial charge in [0.05, 0.1) is 17.8 Å². The van der Waals surface area contributed by atoms with Crippen LogP contribution in [0.4, 0.5) is 5.82 Å². The Kier molecular flexibility index (Phi) is 2.90. The van der Waals surface area contributed by atoms with Crippen molar-refractivity contribution in [1.82, 2.24) is 14.9 Å². The van der Waals surface area contributed by atoms with Gasteiger partial charge in [-0.2, -0.15) is 0 Å². The first-order valence-electron chi connectivity index (χ1n) is 6.13. The van der Waals surface area contributed by atoms with Crippen LogP contribution in [-0.2, 0) is 0 Å². The maximum Gasteiger partial charge on any atom is 0.264 e. The molecule has 6 nitrogen and oxygen atoms in total. The summed E-state index contributed by atoms with van der Waals surface area (Å²) in [5, 5.41) is 2.98. The normalized spacial score (nSPS) is 13.6. The number of imide groups is 1. The van der Waals surface area contributed by atoms with Crippen molar-refractivity contribution in [3.05, 3.63) is 53.5 Å². The fourth-order valence-electron chi connectivity index (χ4n) is 2.07. The highest BCUT2D eigenvalue weighted by molar-refractivity contribution is 6.21. The number of aromatic nitrogens is 2. The van der Waals surface area contributed by atoms with Gasteiger partial charge in [-0.1, -0.05) is 0 Å². The fraction of sp³-hybridized carbons (Fsp3) is 0.143. The molecule has 0 saturated heterocycles. The van der Waals surface area contributed by atoms with Crippen LogP contribution in [0.25, 0.3) is 0 Å². The Hall–Kier alpha value is -2.76. The number of carbonyl (C=O) groups excluding carboxylic acids is 2. The summed E-state index contributed by atoms with van der Waals surface area (Å²) in [5.74, 6) is -0.0227. The van der Waals surface area contributed by atoms with Crippen LogP contribution >= 0.6 is 0 Å². The van der Waals surface area contributed by atoms with Crippen molar-refractivity contribution < 1.29 is 9.59 Å². The third kappa shape index (κ3) is 2.01. The number of rotatable bonds is 3.